The van der Waals surface area contributed by atoms with Crippen LogP contribution in [-0.2, 0) is 4.79 Å². The largest absolute Gasteiger partial charge is 0.376 e. The second-order valence-corrected chi connectivity index (χ2v) is 6.02. The summed E-state index contributed by atoms with van der Waals surface area (Å²) in [6.45, 7) is 4.54. The van der Waals surface area contributed by atoms with Gasteiger partial charge in [-0.05, 0) is 51.7 Å². The average molecular weight is 347 g/mol. The molecule has 0 saturated heterocycles. The molecule has 4 heteroatoms. The third-order valence-corrected chi connectivity index (χ3v) is 3.85. The molecular weight excluding hydrogens is 328 g/mol. The molecule has 0 aliphatic rings. The smallest absolute Gasteiger partial charge is 0.243 e. The summed E-state index contributed by atoms with van der Waals surface area (Å²) in [6.07, 6.45) is 0. The zero-order chi connectivity index (χ0) is 15.2. The number of carbonyl (C=O) groups is 1. The second kappa shape index (κ2) is 7.27. The number of rotatable bonds is 5. The molecule has 2 aromatic rings. The van der Waals surface area contributed by atoms with E-state index in [9.17, 15) is 4.79 Å². The van der Waals surface area contributed by atoms with Gasteiger partial charge in [0.15, 0.2) is 0 Å². The Morgan fingerprint density at radius 2 is 1.90 bits per heavy atom. The van der Waals surface area contributed by atoms with Crippen LogP contribution in [0.25, 0.3) is 0 Å². The first kappa shape index (κ1) is 15.6. The molecule has 0 fully saturated rings. The highest BCUT2D eigenvalue weighted by molar-refractivity contribution is 9.10. The highest BCUT2D eigenvalue weighted by atomic mass is 79.9. The summed E-state index contributed by atoms with van der Waals surface area (Å²) in [4.78, 5) is 12.0. The van der Waals surface area contributed by atoms with Crippen LogP contribution in [0.5, 0.6) is 0 Å². The summed E-state index contributed by atoms with van der Waals surface area (Å²) in [7, 11) is 0. The van der Waals surface area contributed by atoms with Crippen molar-refractivity contribution >= 4 is 33.2 Å². The maximum absolute atomic E-state index is 12.0. The Labute approximate surface area is 133 Å². The number of benzene rings is 2. The van der Waals surface area contributed by atoms with Gasteiger partial charge in [0.05, 0.1) is 12.2 Å². The molecule has 0 unspecified atom stereocenters. The lowest BCUT2D eigenvalue weighted by molar-refractivity contribution is -0.114. The summed E-state index contributed by atoms with van der Waals surface area (Å²) in [5, 5.41) is 6.02. The maximum Gasteiger partial charge on any atom is 0.243 e. The number of para-hydroxylation sites is 1. The van der Waals surface area contributed by atoms with E-state index in [4.69, 9.17) is 0 Å². The summed E-state index contributed by atoms with van der Waals surface area (Å²) < 4.78 is 0.875. The van der Waals surface area contributed by atoms with Gasteiger partial charge in [-0.3, -0.25) is 4.79 Å². The molecule has 0 radical (unpaired) electrons. The van der Waals surface area contributed by atoms with Gasteiger partial charge in [-0.2, -0.15) is 0 Å². The summed E-state index contributed by atoms with van der Waals surface area (Å²) in [5.41, 5.74) is 3.00. The van der Waals surface area contributed by atoms with Gasteiger partial charge in [-0.25, -0.2) is 0 Å². The van der Waals surface area contributed by atoms with Crippen LogP contribution in [0, 0.1) is 0 Å². The molecule has 0 aromatic heterocycles. The van der Waals surface area contributed by atoms with E-state index in [1.807, 2.05) is 36.4 Å². The Morgan fingerprint density at radius 3 is 2.62 bits per heavy atom. The van der Waals surface area contributed by atoms with Crippen molar-refractivity contribution < 1.29 is 4.79 Å². The lowest BCUT2D eigenvalue weighted by Crippen LogP contribution is -2.21. The van der Waals surface area contributed by atoms with Crippen molar-refractivity contribution in [2.75, 3.05) is 17.2 Å². The SMILES string of the molecule is CC(C)c1cccc(NCC(=O)Nc2ccccc2Br)c1. The number of hydrogen-bond acceptors (Lipinski definition) is 2. The van der Waals surface area contributed by atoms with Gasteiger partial charge in [-0.1, -0.05) is 38.1 Å². The molecule has 0 heterocycles. The fraction of sp³-hybridized carbons (Fsp3) is 0.235. The number of carbonyl (C=O) groups excluding carboxylic acids is 1. The Balaban J connectivity index is 1.92. The van der Waals surface area contributed by atoms with E-state index in [1.165, 1.54) is 5.56 Å². The molecule has 0 atom stereocenters. The Kier molecular flexibility index (Phi) is 5.39. The van der Waals surface area contributed by atoms with Gasteiger partial charge < -0.3 is 10.6 Å². The van der Waals surface area contributed by atoms with Crippen LogP contribution in [0.3, 0.4) is 0 Å². The van der Waals surface area contributed by atoms with Crippen molar-refractivity contribution in [3.05, 3.63) is 58.6 Å². The van der Waals surface area contributed by atoms with Crippen molar-refractivity contribution in [3.63, 3.8) is 0 Å². The van der Waals surface area contributed by atoms with Gasteiger partial charge >= 0.3 is 0 Å². The summed E-state index contributed by atoms with van der Waals surface area (Å²) in [5.74, 6) is 0.401. The Bertz CT molecular complexity index is 626. The zero-order valence-electron chi connectivity index (χ0n) is 12.2. The minimum absolute atomic E-state index is 0.0724. The molecule has 3 nitrogen and oxygen atoms in total. The third kappa shape index (κ3) is 4.60. The molecule has 2 aromatic carbocycles. The quantitative estimate of drug-likeness (QED) is 0.828. The van der Waals surface area contributed by atoms with Gasteiger partial charge in [0.2, 0.25) is 5.91 Å². The Morgan fingerprint density at radius 1 is 1.14 bits per heavy atom. The minimum Gasteiger partial charge on any atom is -0.376 e. The summed E-state index contributed by atoms with van der Waals surface area (Å²) >= 11 is 3.41. The monoisotopic (exact) mass is 346 g/mol. The van der Waals surface area contributed by atoms with Crippen molar-refractivity contribution in [1.29, 1.82) is 0 Å². The van der Waals surface area contributed by atoms with E-state index in [0.717, 1.165) is 15.8 Å². The predicted octanol–water partition coefficient (Wildman–Crippen LogP) is 4.62. The van der Waals surface area contributed by atoms with Crippen LogP contribution in [-0.4, -0.2) is 12.5 Å². The van der Waals surface area contributed by atoms with Crippen LogP contribution in [0.2, 0.25) is 0 Å². The Hall–Kier alpha value is -1.81. The molecule has 2 N–H and O–H groups in total. The number of anilines is 2. The van der Waals surface area contributed by atoms with Gasteiger partial charge in [0.1, 0.15) is 0 Å². The van der Waals surface area contributed by atoms with E-state index in [1.54, 1.807) is 0 Å². The van der Waals surface area contributed by atoms with Gasteiger partial charge in [0.25, 0.3) is 0 Å². The first-order chi connectivity index (χ1) is 10.1. The molecule has 0 spiro atoms. The molecule has 0 aliphatic carbocycles. The van der Waals surface area contributed by atoms with Crippen molar-refractivity contribution in [3.8, 4) is 0 Å². The van der Waals surface area contributed by atoms with Crippen LogP contribution >= 0.6 is 15.9 Å². The van der Waals surface area contributed by atoms with E-state index >= 15 is 0 Å². The van der Waals surface area contributed by atoms with Gasteiger partial charge in [0, 0.05) is 10.2 Å². The molecule has 0 saturated carbocycles. The minimum atomic E-state index is -0.0724. The maximum atomic E-state index is 12.0. The molecule has 1 amide bonds. The lowest BCUT2D eigenvalue weighted by atomic mass is 10.0. The predicted molar refractivity (Wildman–Crippen MR) is 91.8 cm³/mol. The van der Waals surface area contributed by atoms with E-state index in [-0.39, 0.29) is 12.5 Å². The van der Waals surface area contributed by atoms with Crippen LogP contribution < -0.4 is 10.6 Å². The molecular formula is C17H19BrN2O. The standard InChI is InChI=1S/C17H19BrN2O/c1-12(2)13-6-5-7-14(10-13)19-11-17(21)20-16-9-4-3-8-15(16)18/h3-10,12,19H,11H2,1-2H3,(H,20,21). The van der Waals surface area contributed by atoms with Crippen molar-refractivity contribution in [2.45, 2.75) is 19.8 Å². The second-order valence-electron chi connectivity index (χ2n) is 5.16. The van der Waals surface area contributed by atoms with Crippen LogP contribution in [0.15, 0.2) is 53.0 Å². The number of amides is 1. The topological polar surface area (TPSA) is 41.1 Å². The molecule has 2 rings (SSSR count). The first-order valence-corrected chi connectivity index (χ1v) is 7.74. The normalized spacial score (nSPS) is 10.5. The number of nitrogens with one attached hydrogen (secondary N) is 2. The van der Waals surface area contributed by atoms with E-state index < -0.39 is 0 Å². The van der Waals surface area contributed by atoms with E-state index in [2.05, 4.69) is 52.5 Å². The van der Waals surface area contributed by atoms with Crippen molar-refractivity contribution in [2.24, 2.45) is 0 Å². The lowest BCUT2D eigenvalue weighted by Gasteiger charge is -2.11. The zero-order valence-corrected chi connectivity index (χ0v) is 13.8. The highest BCUT2D eigenvalue weighted by Crippen LogP contribution is 2.21. The van der Waals surface area contributed by atoms with Crippen molar-refractivity contribution in [1.82, 2.24) is 0 Å². The summed E-state index contributed by atoms with van der Waals surface area (Å²) in [6, 6.07) is 15.7. The molecule has 21 heavy (non-hydrogen) atoms. The molecule has 0 bridgehead atoms. The fourth-order valence-electron chi connectivity index (χ4n) is 1.95. The van der Waals surface area contributed by atoms with Crippen LogP contribution in [0.1, 0.15) is 25.3 Å². The van der Waals surface area contributed by atoms with Crippen LogP contribution in [0.4, 0.5) is 11.4 Å². The fourth-order valence-corrected chi connectivity index (χ4v) is 2.33. The third-order valence-electron chi connectivity index (χ3n) is 3.15. The molecule has 110 valence electrons. The van der Waals surface area contributed by atoms with Gasteiger partial charge in [-0.15, -0.1) is 0 Å². The number of halogens is 1. The highest BCUT2D eigenvalue weighted by Gasteiger charge is 2.05. The number of hydrogen-bond donors (Lipinski definition) is 2. The van der Waals surface area contributed by atoms with E-state index in [0.29, 0.717) is 5.92 Å². The average Bonchev–Trinajstić information content (AvgIpc) is 2.48. The molecule has 0 aliphatic heterocycles. The first-order valence-electron chi connectivity index (χ1n) is 6.94.